The number of ether oxygens (including phenoxy) is 5. The molecule has 3 aliphatic heterocycles. The molecule has 0 aliphatic carbocycles. The normalized spacial score (nSPS) is 34.3. The van der Waals surface area contributed by atoms with Crippen LogP contribution in [0.1, 0.15) is 34.1 Å². The lowest BCUT2D eigenvalue weighted by molar-refractivity contribution is -0.231. The molecule has 1 aromatic heterocycles. The van der Waals surface area contributed by atoms with Crippen molar-refractivity contribution in [3.05, 3.63) is 11.6 Å². The van der Waals surface area contributed by atoms with Gasteiger partial charge < -0.3 is 34.3 Å². The predicted octanol–water partition coefficient (Wildman–Crippen LogP) is 0.984. The van der Waals surface area contributed by atoms with Crippen molar-refractivity contribution in [3.63, 3.8) is 0 Å². The first-order valence-corrected chi connectivity index (χ1v) is 10.4. The number of aromatic nitrogens is 1. The molecule has 2 amide bonds. The van der Waals surface area contributed by atoms with Gasteiger partial charge in [-0.05, 0) is 27.7 Å². The Bertz CT molecular complexity index is 770. The highest BCUT2D eigenvalue weighted by Crippen LogP contribution is 2.44. The van der Waals surface area contributed by atoms with Crippen LogP contribution in [0.4, 0.5) is 5.13 Å². The van der Waals surface area contributed by atoms with E-state index in [1.807, 2.05) is 0 Å². The van der Waals surface area contributed by atoms with Crippen molar-refractivity contribution in [2.24, 2.45) is 0 Å². The minimum absolute atomic E-state index is 0.105. The third-order valence-electron chi connectivity index (χ3n) is 4.74. The molecule has 3 aliphatic rings. The van der Waals surface area contributed by atoms with Gasteiger partial charge in [-0.2, -0.15) is 0 Å². The van der Waals surface area contributed by atoms with Crippen LogP contribution in [0.2, 0.25) is 0 Å². The van der Waals surface area contributed by atoms with E-state index in [0.29, 0.717) is 5.13 Å². The molecule has 2 N–H and O–H groups in total. The number of hydrogen-bond acceptors (Lipinski definition) is 9. The molecule has 160 valence electrons. The Morgan fingerprint density at radius 1 is 1.07 bits per heavy atom. The number of carbonyl (C=O) groups excluding carboxylic acids is 2. The van der Waals surface area contributed by atoms with Crippen LogP contribution in [-0.2, 0) is 33.3 Å². The highest BCUT2D eigenvalue weighted by molar-refractivity contribution is 7.13. The molecule has 11 heteroatoms. The van der Waals surface area contributed by atoms with E-state index >= 15 is 0 Å². The molecule has 4 heterocycles. The maximum Gasteiger partial charge on any atom is 0.252 e. The average molecular weight is 427 g/mol. The lowest BCUT2D eigenvalue weighted by Gasteiger charge is -2.36. The van der Waals surface area contributed by atoms with E-state index in [1.54, 1.807) is 39.3 Å². The molecule has 3 saturated heterocycles. The van der Waals surface area contributed by atoms with E-state index in [2.05, 4.69) is 15.6 Å². The Morgan fingerprint density at radius 3 is 2.48 bits per heavy atom. The summed E-state index contributed by atoms with van der Waals surface area (Å²) in [5, 5.41) is 7.68. The summed E-state index contributed by atoms with van der Waals surface area (Å²) in [6, 6.07) is 0. The first-order valence-electron chi connectivity index (χ1n) is 9.47. The van der Waals surface area contributed by atoms with Crippen LogP contribution in [0, 0.1) is 0 Å². The first-order chi connectivity index (χ1) is 13.6. The van der Waals surface area contributed by atoms with Gasteiger partial charge in [-0.1, -0.05) is 0 Å². The smallest absolute Gasteiger partial charge is 0.252 e. The summed E-state index contributed by atoms with van der Waals surface area (Å²) in [5.41, 5.74) is 0. The van der Waals surface area contributed by atoms with E-state index in [9.17, 15) is 9.59 Å². The zero-order chi connectivity index (χ0) is 20.8. The molecule has 0 unspecified atom stereocenters. The Kier molecular flexibility index (Phi) is 5.38. The number of hydrogen-bond donors (Lipinski definition) is 2. The third kappa shape index (κ3) is 4.44. The van der Waals surface area contributed by atoms with Crippen LogP contribution in [-0.4, -0.2) is 65.6 Å². The maximum atomic E-state index is 12.8. The fourth-order valence-corrected chi connectivity index (χ4v) is 4.24. The van der Waals surface area contributed by atoms with Crippen LogP contribution in [0.25, 0.3) is 0 Å². The molecule has 5 atom stereocenters. The van der Waals surface area contributed by atoms with Gasteiger partial charge in [0.05, 0.1) is 0 Å². The van der Waals surface area contributed by atoms with E-state index < -0.39 is 48.2 Å². The Hall–Kier alpha value is -1.63. The summed E-state index contributed by atoms with van der Waals surface area (Å²) in [6.07, 6.45) is -1.62. The van der Waals surface area contributed by atoms with E-state index in [0.717, 1.165) is 0 Å². The summed E-state index contributed by atoms with van der Waals surface area (Å²) >= 11 is 1.33. The standard InChI is InChI=1S/C18H25N3O7S/c1-17(2)25-10-11(26-17)13-15(28-18(3,4)27-13)24-12(10)14(23)19-6-5-9(22)21-16-20-7-8-29-16/h7-8,10-13,15H,5-6H2,1-4H3,(H,19,23)(H,20,21,22)/t10-,11-,12+,13+,15+/m1/s1. The summed E-state index contributed by atoms with van der Waals surface area (Å²) in [7, 11) is 0. The minimum Gasteiger partial charge on any atom is -0.353 e. The number of fused-ring (bicyclic) bond motifs is 3. The highest BCUT2D eigenvalue weighted by Gasteiger charge is 2.62. The number of thiazole rings is 1. The average Bonchev–Trinajstić information content (AvgIpc) is 3.29. The topological polar surface area (TPSA) is 117 Å². The van der Waals surface area contributed by atoms with Crippen molar-refractivity contribution < 1.29 is 33.3 Å². The van der Waals surface area contributed by atoms with Gasteiger partial charge in [-0.3, -0.25) is 9.59 Å². The van der Waals surface area contributed by atoms with Crippen LogP contribution in [0.5, 0.6) is 0 Å². The molecule has 0 radical (unpaired) electrons. The number of carbonyl (C=O) groups is 2. The van der Waals surface area contributed by atoms with E-state index in [4.69, 9.17) is 23.7 Å². The fraction of sp³-hybridized carbons (Fsp3) is 0.722. The molecular formula is C18H25N3O7S. The lowest BCUT2D eigenvalue weighted by Crippen LogP contribution is -2.59. The number of anilines is 1. The van der Waals surface area contributed by atoms with Crippen LogP contribution < -0.4 is 10.6 Å². The third-order valence-corrected chi connectivity index (χ3v) is 5.43. The predicted molar refractivity (Wildman–Crippen MR) is 101 cm³/mol. The van der Waals surface area contributed by atoms with Gasteiger partial charge in [0.2, 0.25) is 5.91 Å². The lowest BCUT2D eigenvalue weighted by atomic mass is 9.98. The zero-order valence-corrected chi connectivity index (χ0v) is 17.5. The molecule has 3 fully saturated rings. The van der Waals surface area contributed by atoms with Crippen molar-refractivity contribution in [3.8, 4) is 0 Å². The minimum atomic E-state index is -0.942. The number of nitrogens with one attached hydrogen (secondary N) is 2. The maximum absolute atomic E-state index is 12.8. The van der Waals surface area contributed by atoms with Gasteiger partial charge in [0.25, 0.3) is 5.91 Å². The second-order valence-electron chi connectivity index (χ2n) is 8.02. The molecule has 0 spiro atoms. The molecule has 0 saturated carbocycles. The second-order valence-corrected chi connectivity index (χ2v) is 8.91. The molecule has 29 heavy (non-hydrogen) atoms. The van der Waals surface area contributed by atoms with Gasteiger partial charge >= 0.3 is 0 Å². The molecule has 10 nitrogen and oxygen atoms in total. The zero-order valence-electron chi connectivity index (χ0n) is 16.7. The SMILES string of the molecule is CC1(C)O[C@@H]2O[C@H](C(=O)NCCC(=O)Nc3nccs3)[C@@H]3OC(C)(C)O[C@H]3[C@@H]2O1. The van der Waals surface area contributed by atoms with Crippen LogP contribution >= 0.6 is 11.3 Å². The van der Waals surface area contributed by atoms with Crippen LogP contribution in [0.3, 0.4) is 0 Å². The summed E-state index contributed by atoms with van der Waals surface area (Å²) < 4.78 is 29.5. The highest BCUT2D eigenvalue weighted by atomic mass is 32.1. The van der Waals surface area contributed by atoms with Crippen molar-refractivity contribution in [1.29, 1.82) is 0 Å². The molecule has 0 bridgehead atoms. The Labute approximate surface area is 172 Å². The molecular weight excluding hydrogens is 402 g/mol. The quantitative estimate of drug-likeness (QED) is 0.714. The summed E-state index contributed by atoms with van der Waals surface area (Å²) in [5.74, 6) is -2.36. The molecule has 1 aromatic rings. The van der Waals surface area contributed by atoms with E-state index in [1.165, 1.54) is 11.3 Å². The number of amides is 2. The Morgan fingerprint density at radius 2 is 1.76 bits per heavy atom. The van der Waals surface area contributed by atoms with Gasteiger partial charge in [0.15, 0.2) is 29.1 Å². The first kappa shape index (κ1) is 20.6. The fourth-order valence-electron chi connectivity index (χ4n) is 3.69. The molecule has 4 rings (SSSR count). The largest absolute Gasteiger partial charge is 0.353 e. The second kappa shape index (κ2) is 7.56. The van der Waals surface area contributed by atoms with Gasteiger partial charge in [0.1, 0.15) is 18.3 Å². The van der Waals surface area contributed by atoms with Crippen molar-refractivity contribution in [1.82, 2.24) is 10.3 Å². The van der Waals surface area contributed by atoms with Crippen molar-refractivity contribution in [2.45, 2.75) is 76.4 Å². The van der Waals surface area contributed by atoms with Gasteiger partial charge in [-0.15, -0.1) is 11.3 Å². The Balaban J connectivity index is 1.36. The number of rotatable bonds is 5. The van der Waals surface area contributed by atoms with Crippen molar-refractivity contribution >= 4 is 28.3 Å². The number of nitrogens with zero attached hydrogens (tertiary/aromatic N) is 1. The van der Waals surface area contributed by atoms with Gasteiger partial charge in [0, 0.05) is 24.5 Å². The van der Waals surface area contributed by atoms with Gasteiger partial charge in [-0.25, -0.2) is 4.98 Å². The summed E-state index contributed by atoms with van der Waals surface area (Å²) in [6.45, 7) is 7.26. The summed E-state index contributed by atoms with van der Waals surface area (Å²) in [4.78, 5) is 28.7. The van der Waals surface area contributed by atoms with Crippen molar-refractivity contribution in [2.75, 3.05) is 11.9 Å². The monoisotopic (exact) mass is 427 g/mol. The van der Waals surface area contributed by atoms with E-state index in [-0.39, 0.29) is 18.9 Å². The molecule has 0 aromatic carbocycles. The van der Waals surface area contributed by atoms with Crippen LogP contribution in [0.15, 0.2) is 11.6 Å².